The molecule has 2 aromatic heterocycles. The lowest BCUT2D eigenvalue weighted by Crippen LogP contribution is -2.78. The first-order valence-electron chi connectivity index (χ1n) is 12.4. The summed E-state index contributed by atoms with van der Waals surface area (Å²) in [5, 5.41) is 8.17. The number of rotatable bonds is 2. The van der Waals surface area contributed by atoms with E-state index in [1.54, 1.807) is 0 Å². The standard InChI is InChI=1S/C32H28N2Si/c1-21-19-20-27-29-28(21)25-17-11-12-18-26(25)31-33-22(2)30(34(29)31)32(3,4)35(27,23-13-7-5-8-14-23)24-15-9-6-10-16-24/h5-20H,1-4H3. The third-order valence-corrected chi connectivity index (χ3v) is 14.2. The van der Waals surface area contributed by atoms with Crippen LogP contribution in [0.3, 0.4) is 0 Å². The molecule has 1 aliphatic rings. The van der Waals surface area contributed by atoms with E-state index < -0.39 is 8.07 Å². The van der Waals surface area contributed by atoms with E-state index in [-0.39, 0.29) is 5.04 Å². The molecule has 6 aromatic rings. The summed E-state index contributed by atoms with van der Waals surface area (Å²) in [4.78, 5) is 5.26. The van der Waals surface area contributed by atoms with E-state index in [4.69, 9.17) is 4.98 Å². The van der Waals surface area contributed by atoms with Crippen LogP contribution in [0.25, 0.3) is 27.3 Å². The van der Waals surface area contributed by atoms with Gasteiger partial charge in [0.25, 0.3) is 0 Å². The third-order valence-electron chi connectivity index (χ3n) is 8.45. The number of hydrogen-bond acceptors (Lipinski definition) is 1. The number of aromatic nitrogens is 2. The van der Waals surface area contributed by atoms with E-state index in [0.717, 1.165) is 11.3 Å². The molecular formula is C32H28N2Si. The van der Waals surface area contributed by atoms with Crippen molar-refractivity contribution in [3.63, 3.8) is 0 Å². The maximum absolute atomic E-state index is 5.26. The van der Waals surface area contributed by atoms with Crippen molar-refractivity contribution in [3.05, 3.63) is 114 Å². The number of imidazole rings is 1. The van der Waals surface area contributed by atoms with Crippen molar-refractivity contribution in [1.29, 1.82) is 0 Å². The number of aryl methyl sites for hydroxylation is 2. The molecule has 0 saturated carbocycles. The minimum Gasteiger partial charge on any atom is -0.296 e. The largest absolute Gasteiger partial charge is 0.296 e. The fourth-order valence-corrected chi connectivity index (χ4v) is 13.2. The third kappa shape index (κ3) is 2.37. The molecule has 4 aromatic carbocycles. The van der Waals surface area contributed by atoms with Gasteiger partial charge in [0.1, 0.15) is 5.65 Å². The molecule has 170 valence electrons. The molecule has 0 unspecified atom stereocenters. The fraction of sp³-hybridized carbons (Fsp3) is 0.156. The molecule has 0 fully saturated rings. The number of nitrogens with zero attached hydrogens (tertiary/aromatic N) is 2. The van der Waals surface area contributed by atoms with Crippen molar-refractivity contribution in [2.75, 3.05) is 0 Å². The Morgan fingerprint density at radius 1 is 0.686 bits per heavy atom. The minimum absolute atomic E-state index is 0.128. The molecule has 0 spiro atoms. The Kier molecular flexibility index (Phi) is 4.09. The van der Waals surface area contributed by atoms with Crippen molar-refractivity contribution in [1.82, 2.24) is 9.38 Å². The second-order valence-corrected chi connectivity index (χ2v) is 15.0. The summed E-state index contributed by atoms with van der Waals surface area (Å²) >= 11 is 0. The Hall–Kier alpha value is -3.69. The van der Waals surface area contributed by atoms with E-state index >= 15 is 0 Å². The Balaban J connectivity index is 1.84. The SMILES string of the molecule is Cc1nc2c3ccccc3c3c(C)ccc4c3n2c1C(C)(C)[Si]4(c1ccccc1)c1ccccc1. The van der Waals surface area contributed by atoms with Crippen molar-refractivity contribution in [2.24, 2.45) is 0 Å². The number of pyridine rings is 1. The van der Waals surface area contributed by atoms with Gasteiger partial charge in [-0.15, -0.1) is 0 Å². The Labute approximate surface area is 206 Å². The van der Waals surface area contributed by atoms with Crippen LogP contribution in [0.1, 0.15) is 30.8 Å². The van der Waals surface area contributed by atoms with E-state index in [1.165, 1.54) is 48.5 Å². The van der Waals surface area contributed by atoms with Gasteiger partial charge in [0.15, 0.2) is 8.07 Å². The van der Waals surface area contributed by atoms with Crippen LogP contribution in [0, 0.1) is 13.8 Å². The van der Waals surface area contributed by atoms with Crippen LogP contribution in [0.5, 0.6) is 0 Å². The zero-order valence-electron chi connectivity index (χ0n) is 20.6. The highest BCUT2D eigenvalue weighted by atomic mass is 28.3. The topological polar surface area (TPSA) is 17.3 Å². The molecule has 35 heavy (non-hydrogen) atoms. The van der Waals surface area contributed by atoms with Crippen LogP contribution in [-0.4, -0.2) is 17.5 Å². The van der Waals surface area contributed by atoms with Crippen LogP contribution >= 0.6 is 0 Å². The molecule has 0 atom stereocenters. The van der Waals surface area contributed by atoms with E-state index in [0.29, 0.717) is 0 Å². The second kappa shape index (κ2) is 6.93. The fourth-order valence-electron chi connectivity index (χ4n) is 7.21. The molecular weight excluding hydrogens is 440 g/mol. The van der Waals surface area contributed by atoms with Crippen LogP contribution in [0.15, 0.2) is 97.1 Å². The number of hydrogen-bond donors (Lipinski definition) is 0. The summed E-state index contributed by atoms with van der Waals surface area (Å²) < 4.78 is 2.52. The first-order chi connectivity index (χ1) is 17.0. The lowest BCUT2D eigenvalue weighted by Gasteiger charge is -2.49. The van der Waals surface area contributed by atoms with E-state index in [1.807, 2.05) is 0 Å². The van der Waals surface area contributed by atoms with E-state index in [9.17, 15) is 0 Å². The smallest absolute Gasteiger partial charge is 0.162 e. The zero-order valence-corrected chi connectivity index (χ0v) is 21.6. The summed E-state index contributed by atoms with van der Waals surface area (Å²) in [6.45, 7) is 9.41. The predicted molar refractivity (Wildman–Crippen MR) is 150 cm³/mol. The normalized spacial score (nSPS) is 15.9. The molecule has 0 bridgehead atoms. The number of benzene rings is 4. The van der Waals surface area contributed by atoms with Crippen LogP contribution in [-0.2, 0) is 5.04 Å². The summed E-state index contributed by atoms with van der Waals surface area (Å²) in [6, 6.07) is 36.2. The minimum atomic E-state index is -2.55. The molecule has 7 rings (SSSR count). The Bertz CT molecular complexity index is 1740. The average Bonchev–Trinajstić information content (AvgIpc) is 3.24. The quantitative estimate of drug-likeness (QED) is 0.240. The van der Waals surface area contributed by atoms with Crippen LogP contribution in [0.4, 0.5) is 0 Å². The zero-order chi connectivity index (χ0) is 23.9. The second-order valence-electron chi connectivity index (χ2n) is 10.5. The van der Waals surface area contributed by atoms with Crippen molar-refractivity contribution < 1.29 is 0 Å². The molecule has 0 saturated heterocycles. The molecule has 2 nitrogen and oxygen atoms in total. The monoisotopic (exact) mass is 468 g/mol. The average molecular weight is 469 g/mol. The van der Waals surface area contributed by atoms with E-state index in [2.05, 4.69) is 129 Å². The lowest BCUT2D eigenvalue weighted by molar-refractivity contribution is 0.688. The summed E-state index contributed by atoms with van der Waals surface area (Å²) in [6.07, 6.45) is 0. The molecule has 3 heterocycles. The maximum atomic E-state index is 5.26. The summed E-state index contributed by atoms with van der Waals surface area (Å²) in [7, 11) is -2.55. The van der Waals surface area contributed by atoms with Crippen LogP contribution in [0.2, 0.25) is 0 Å². The highest BCUT2D eigenvalue weighted by Crippen LogP contribution is 2.44. The highest BCUT2D eigenvalue weighted by Gasteiger charge is 2.57. The first kappa shape index (κ1) is 20.7. The van der Waals surface area contributed by atoms with Gasteiger partial charge in [0, 0.05) is 21.5 Å². The van der Waals surface area contributed by atoms with Crippen molar-refractivity contribution in [2.45, 2.75) is 32.7 Å². The first-order valence-corrected chi connectivity index (χ1v) is 14.4. The molecule has 1 aliphatic heterocycles. The molecule has 0 aliphatic carbocycles. The molecule has 0 radical (unpaired) electrons. The van der Waals surface area contributed by atoms with Gasteiger partial charge in [-0.05, 0) is 40.4 Å². The van der Waals surface area contributed by atoms with Gasteiger partial charge in [-0.25, -0.2) is 4.98 Å². The van der Waals surface area contributed by atoms with Gasteiger partial charge in [-0.3, -0.25) is 4.40 Å². The van der Waals surface area contributed by atoms with Crippen molar-refractivity contribution >= 4 is 51.0 Å². The Morgan fingerprint density at radius 2 is 1.26 bits per heavy atom. The van der Waals surface area contributed by atoms with Gasteiger partial charge >= 0.3 is 0 Å². The van der Waals surface area contributed by atoms with Crippen LogP contribution < -0.4 is 15.6 Å². The predicted octanol–water partition coefficient (Wildman–Crippen LogP) is 5.56. The number of fused-ring (bicyclic) bond motifs is 3. The van der Waals surface area contributed by atoms with Crippen molar-refractivity contribution in [3.8, 4) is 0 Å². The molecule has 3 heteroatoms. The highest BCUT2D eigenvalue weighted by molar-refractivity contribution is 7.14. The Morgan fingerprint density at radius 3 is 1.89 bits per heavy atom. The molecule has 0 N–H and O–H groups in total. The van der Waals surface area contributed by atoms with Gasteiger partial charge in [-0.2, -0.15) is 0 Å². The summed E-state index contributed by atoms with van der Waals surface area (Å²) in [5.74, 6) is 0. The van der Waals surface area contributed by atoms with Gasteiger partial charge < -0.3 is 0 Å². The molecule has 0 amide bonds. The lowest BCUT2D eigenvalue weighted by atomic mass is 10.0. The van der Waals surface area contributed by atoms with Gasteiger partial charge in [-0.1, -0.05) is 111 Å². The van der Waals surface area contributed by atoms with Gasteiger partial charge in [0.05, 0.1) is 11.2 Å². The van der Waals surface area contributed by atoms with Gasteiger partial charge in [0.2, 0.25) is 0 Å². The summed E-state index contributed by atoms with van der Waals surface area (Å²) in [5.41, 5.74) is 6.27. The maximum Gasteiger partial charge on any atom is 0.162 e.